The van der Waals surface area contributed by atoms with E-state index >= 15 is 0 Å². The second-order valence-corrected chi connectivity index (χ2v) is 4.44. The van der Waals surface area contributed by atoms with E-state index in [4.69, 9.17) is 5.73 Å². The maximum Gasteiger partial charge on any atom is 0.132 e. The summed E-state index contributed by atoms with van der Waals surface area (Å²) in [7, 11) is 0. The molecule has 1 saturated carbocycles. The van der Waals surface area contributed by atoms with Crippen LogP contribution in [0.2, 0.25) is 0 Å². The second-order valence-electron chi connectivity index (χ2n) is 4.44. The van der Waals surface area contributed by atoms with Crippen LogP contribution < -0.4 is 5.73 Å². The largest absolute Gasteiger partial charge is 0.328 e. The molecule has 0 saturated heterocycles. The predicted octanol–water partition coefficient (Wildman–Crippen LogP) is 1.74. The maximum atomic E-state index is 5.79. The van der Waals surface area contributed by atoms with Crippen molar-refractivity contribution in [2.24, 2.45) is 5.73 Å². The smallest absolute Gasteiger partial charge is 0.132 e. The van der Waals surface area contributed by atoms with Crippen molar-refractivity contribution in [3.8, 4) is 11.4 Å². The molecule has 0 aromatic carbocycles. The number of aromatic nitrogens is 3. The van der Waals surface area contributed by atoms with E-state index in [0.29, 0.717) is 12.0 Å². The lowest BCUT2D eigenvalue weighted by atomic mass is 9.80. The molecule has 1 aliphatic rings. The molecule has 1 aliphatic carbocycles. The molecule has 2 aromatic heterocycles. The molecule has 0 aliphatic heterocycles. The van der Waals surface area contributed by atoms with Crippen molar-refractivity contribution in [3.63, 3.8) is 0 Å². The van der Waals surface area contributed by atoms with E-state index in [1.807, 2.05) is 24.3 Å². The summed E-state index contributed by atoms with van der Waals surface area (Å²) in [4.78, 5) is 13.2. The molecule has 1 fully saturated rings. The zero-order valence-electron chi connectivity index (χ0n) is 9.45. The Bertz CT molecular complexity index is 506. The SMILES string of the molecule is NC1CC(c2nccc(-c3ccccn3)n2)C1. The van der Waals surface area contributed by atoms with E-state index in [-0.39, 0.29) is 0 Å². The Hall–Kier alpha value is -1.81. The van der Waals surface area contributed by atoms with Gasteiger partial charge < -0.3 is 5.73 Å². The molecule has 0 bridgehead atoms. The summed E-state index contributed by atoms with van der Waals surface area (Å²) in [6.45, 7) is 0. The van der Waals surface area contributed by atoms with Crippen molar-refractivity contribution >= 4 is 0 Å². The summed E-state index contributed by atoms with van der Waals surface area (Å²) in [6, 6.07) is 8.03. The fraction of sp³-hybridized carbons (Fsp3) is 0.308. The first-order chi connectivity index (χ1) is 8.33. The quantitative estimate of drug-likeness (QED) is 0.847. The molecule has 0 amide bonds. The molecular formula is C13H14N4. The number of rotatable bonds is 2. The van der Waals surface area contributed by atoms with Gasteiger partial charge in [-0.3, -0.25) is 4.98 Å². The van der Waals surface area contributed by atoms with Crippen LogP contribution in [0.4, 0.5) is 0 Å². The number of nitrogens with two attached hydrogens (primary N) is 1. The van der Waals surface area contributed by atoms with Gasteiger partial charge in [-0.1, -0.05) is 6.07 Å². The summed E-state index contributed by atoms with van der Waals surface area (Å²) in [5.74, 6) is 1.32. The summed E-state index contributed by atoms with van der Waals surface area (Å²) in [5.41, 5.74) is 7.56. The van der Waals surface area contributed by atoms with Crippen molar-refractivity contribution in [2.45, 2.75) is 24.8 Å². The molecule has 4 heteroatoms. The topological polar surface area (TPSA) is 64.7 Å². The van der Waals surface area contributed by atoms with E-state index in [9.17, 15) is 0 Å². The van der Waals surface area contributed by atoms with Crippen LogP contribution in [-0.4, -0.2) is 21.0 Å². The van der Waals surface area contributed by atoms with Crippen molar-refractivity contribution in [1.82, 2.24) is 15.0 Å². The van der Waals surface area contributed by atoms with Crippen LogP contribution in [0.5, 0.6) is 0 Å². The van der Waals surface area contributed by atoms with E-state index in [1.165, 1.54) is 0 Å². The highest BCUT2D eigenvalue weighted by Crippen LogP contribution is 2.33. The molecule has 2 heterocycles. The van der Waals surface area contributed by atoms with Gasteiger partial charge in [0.15, 0.2) is 0 Å². The van der Waals surface area contributed by atoms with Gasteiger partial charge >= 0.3 is 0 Å². The number of pyridine rings is 1. The summed E-state index contributed by atoms with van der Waals surface area (Å²) < 4.78 is 0. The van der Waals surface area contributed by atoms with Crippen LogP contribution in [0.25, 0.3) is 11.4 Å². The summed E-state index contributed by atoms with van der Waals surface area (Å²) in [5, 5.41) is 0. The molecule has 86 valence electrons. The van der Waals surface area contributed by atoms with E-state index < -0.39 is 0 Å². The molecule has 3 rings (SSSR count). The first-order valence-corrected chi connectivity index (χ1v) is 5.83. The minimum atomic E-state index is 0.321. The molecule has 2 N–H and O–H groups in total. The van der Waals surface area contributed by atoms with Gasteiger partial charge in [-0.15, -0.1) is 0 Å². The Morgan fingerprint density at radius 3 is 2.59 bits per heavy atom. The van der Waals surface area contributed by atoms with E-state index in [2.05, 4.69) is 15.0 Å². The van der Waals surface area contributed by atoms with Gasteiger partial charge in [0.05, 0.1) is 11.4 Å². The third-order valence-electron chi connectivity index (χ3n) is 3.14. The highest BCUT2D eigenvalue weighted by atomic mass is 14.9. The normalized spacial score (nSPS) is 23.1. The zero-order chi connectivity index (χ0) is 11.7. The standard InChI is InChI=1S/C13H14N4/c14-10-7-9(8-10)13-16-6-4-12(17-13)11-3-1-2-5-15-11/h1-6,9-10H,7-8,14H2. The van der Waals surface area contributed by atoms with Crippen LogP contribution in [0, 0.1) is 0 Å². The van der Waals surface area contributed by atoms with Gasteiger partial charge in [0.25, 0.3) is 0 Å². The van der Waals surface area contributed by atoms with E-state index in [1.54, 1.807) is 12.4 Å². The third-order valence-corrected chi connectivity index (χ3v) is 3.14. The van der Waals surface area contributed by atoms with Crippen molar-refractivity contribution in [2.75, 3.05) is 0 Å². The van der Waals surface area contributed by atoms with Crippen LogP contribution in [0.1, 0.15) is 24.6 Å². The number of hydrogen-bond acceptors (Lipinski definition) is 4. The maximum absolute atomic E-state index is 5.79. The first-order valence-electron chi connectivity index (χ1n) is 5.83. The van der Waals surface area contributed by atoms with Crippen molar-refractivity contribution in [1.29, 1.82) is 0 Å². The highest BCUT2D eigenvalue weighted by molar-refractivity contribution is 5.52. The molecule has 17 heavy (non-hydrogen) atoms. The summed E-state index contributed by atoms with van der Waals surface area (Å²) >= 11 is 0. The van der Waals surface area contributed by atoms with Crippen LogP contribution in [-0.2, 0) is 0 Å². The predicted molar refractivity (Wildman–Crippen MR) is 65.2 cm³/mol. The Morgan fingerprint density at radius 2 is 1.88 bits per heavy atom. The Morgan fingerprint density at radius 1 is 1.00 bits per heavy atom. The Labute approximate surface area is 99.9 Å². The van der Waals surface area contributed by atoms with E-state index in [0.717, 1.165) is 30.1 Å². The average molecular weight is 226 g/mol. The molecule has 0 radical (unpaired) electrons. The number of nitrogens with zero attached hydrogens (tertiary/aromatic N) is 3. The van der Waals surface area contributed by atoms with Gasteiger partial charge in [0.2, 0.25) is 0 Å². The lowest BCUT2D eigenvalue weighted by Gasteiger charge is -2.31. The minimum absolute atomic E-state index is 0.321. The molecular weight excluding hydrogens is 212 g/mol. The lowest BCUT2D eigenvalue weighted by Crippen LogP contribution is -2.35. The molecule has 0 unspecified atom stereocenters. The monoisotopic (exact) mass is 226 g/mol. The van der Waals surface area contributed by atoms with Gasteiger partial charge in [0.1, 0.15) is 5.82 Å². The second kappa shape index (κ2) is 4.22. The Balaban J connectivity index is 1.89. The zero-order valence-corrected chi connectivity index (χ0v) is 9.45. The lowest BCUT2D eigenvalue weighted by molar-refractivity contribution is 0.338. The van der Waals surface area contributed by atoms with Gasteiger partial charge in [-0.2, -0.15) is 0 Å². The minimum Gasteiger partial charge on any atom is -0.328 e. The van der Waals surface area contributed by atoms with Crippen LogP contribution in [0.15, 0.2) is 36.7 Å². The molecule has 0 atom stereocenters. The Kier molecular flexibility index (Phi) is 2.57. The molecule has 4 nitrogen and oxygen atoms in total. The first kappa shape index (κ1) is 10.4. The fourth-order valence-corrected chi connectivity index (χ4v) is 2.10. The van der Waals surface area contributed by atoms with Gasteiger partial charge in [-0.05, 0) is 31.0 Å². The van der Waals surface area contributed by atoms with Crippen molar-refractivity contribution in [3.05, 3.63) is 42.5 Å². The van der Waals surface area contributed by atoms with Crippen molar-refractivity contribution < 1.29 is 0 Å². The average Bonchev–Trinajstić information content (AvgIpc) is 2.36. The third kappa shape index (κ3) is 2.03. The van der Waals surface area contributed by atoms with Gasteiger partial charge in [0, 0.05) is 24.4 Å². The van der Waals surface area contributed by atoms with Crippen LogP contribution >= 0.6 is 0 Å². The molecule has 0 spiro atoms. The molecule has 2 aromatic rings. The fourth-order valence-electron chi connectivity index (χ4n) is 2.10. The summed E-state index contributed by atoms with van der Waals surface area (Å²) in [6.07, 6.45) is 5.56. The van der Waals surface area contributed by atoms with Crippen LogP contribution in [0.3, 0.4) is 0 Å². The number of hydrogen-bond donors (Lipinski definition) is 1. The van der Waals surface area contributed by atoms with Gasteiger partial charge in [-0.25, -0.2) is 9.97 Å². The highest BCUT2D eigenvalue weighted by Gasteiger charge is 2.29.